The second-order valence-corrected chi connectivity index (χ2v) is 5.04. The summed E-state index contributed by atoms with van der Waals surface area (Å²) >= 11 is 0. The summed E-state index contributed by atoms with van der Waals surface area (Å²) in [6.45, 7) is 5.25. The van der Waals surface area contributed by atoms with Gasteiger partial charge in [0, 0.05) is 16.7 Å². The highest BCUT2D eigenvalue weighted by Gasteiger charge is 2.08. The first-order valence-electron chi connectivity index (χ1n) is 7.40. The van der Waals surface area contributed by atoms with Crippen LogP contribution in [0.1, 0.15) is 22.8 Å². The average Bonchev–Trinajstić information content (AvgIpc) is 2.62. The van der Waals surface area contributed by atoms with Gasteiger partial charge in [-0.1, -0.05) is 36.9 Å². The Bertz CT molecular complexity index is 704. The lowest BCUT2D eigenvalue weighted by atomic mass is 10.0. The van der Waals surface area contributed by atoms with Crippen molar-refractivity contribution in [1.82, 2.24) is 0 Å². The number of hydrogen-bond acceptors (Lipinski definition) is 5. The Labute approximate surface area is 140 Å². The van der Waals surface area contributed by atoms with E-state index in [1.807, 2.05) is 18.2 Å². The molecule has 0 saturated heterocycles. The summed E-state index contributed by atoms with van der Waals surface area (Å²) in [5, 5.41) is 0. The Morgan fingerprint density at radius 1 is 0.917 bits per heavy atom. The molecule has 0 bridgehead atoms. The number of ketones is 1. The van der Waals surface area contributed by atoms with E-state index in [9.17, 15) is 9.59 Å². The summed E-state index contributed by atoms with van der Waals surface area (Å²) in [5.74, 6) is -0.0644. The smallest absolute Gasteiger partial charge is 0.368 e. The van der Waals surface area contributed by atoms with E-state index in [2.05, 4.69) is 11.5 Å². The van der Waals surface area contributed by atoms with Crippen LogP contribution in [0.25, 0.3) is 0 Å². The molecule has 0 radical (unpaired) electrons. The molecule has 0 heterocycles. The normalized spacial score (nSPS) is 10.0. The van der Waals surface area contributed by atoms with Crippen LogP contribution >= 0.6 is 0 Å². The van der Waals surface area contributed by atoms with Crippen molar-refractivity contribution in [3.05, 3.63) is 77.9 Å². The van der Waals surface area contributed by atoms with E-state index in [0.29, 0.717) is 16.9 Å². The zero-order valence-corrected chi connectivity index (χ0v) is 13.4. The van der Waals surface area contributed by atoms with E-state index in [-0.39, 0.29) is 24.6 Å². The number of carbonyl (C=O) groups excluding carboxylic acids is 2. The lowest BCUT2D eigenvalue weighted by molar-refractivity contribution is -0.270. The fourth-order valence-electron chi connectivity index (χ4n) is 1.82. The molecule has 5 nitrogen and oxygen atoms in total. The summed E-state index contributed by atoms with van der Waals surface area (Å²) in [6.07, 6.45) is 0. The molecule has 24 heavy (non-hydrogen) atoms. The molecular weight excluding hydrogens is 308 g/mol. The van der Waals surface area contributed by atoms with Gasteiger partial charge in [-0.3, -0.25) is 9.68 Å². The number of rotatable bonds is 8. The van der Waals surface area contributed by atoms with Crippen LogP contribution in [0.4, 0.5) is 0 Å². The molecule has 2 rings (SSSR count). The largest absolute Gasteiger partial charge is 0.491 e. The van der Waals surface area contributed by atoms with Gasteiger partial charge in [-0.15, -0.1) is 0 Å². The maximum atomic E-state index is 12.3. The van der Waals surface area contributed by atoms with Crippen LogP contribution in [-0.2, 0) is 14.6 Å². The SMILES string of the molecule is C=C(C)C(=O)OOCCOc1ccc(C(=O)c2ccccc2)cc1. The number of benzene rings is 2. The van der Waals surface area contributed by atoms with E-state index >= 15 is 0 Å². The van der Waals surface area contributed by atoms with Crippen molar-refractivity contribution in [3.8, 4) is 5.75 Å². The van der Waals surface area contributed by atoms with Gasteiger partial charge in [-0.2, -0.15) is 4.89 Å². The second kappa shape index (κ2) is 8.64. The Morgan fingerprint density at radius 2 is 1.54 bits per heavy atom. The molecule has 0 unspecified atom stereocenters. The van der Waals surface area contributed by atoms with Crippen LogP contribution < -0.4 is 4.74 Å². The van der Waals surface area contributed by atoms with Gasteiger partial charge in [0.15, 0.2) is 5.78 Å². The Kier molecular flexibility index (Phi) is 6.28. The summed E-state index contributed by atoms with van der Waals surface area (Å²) in [6, 6.07) is 15.9. The van der Waals surface area contributed by atoms with Crippen molar-refractivity contribution in [2.24, 2.45) is 0 Å². The van der Waals surface area contributed by atoms with Crippen LogP contribution in [0.15, 0.2) is 66.7 Å². The Balaban J connectivity index is 1.79. The highest BCUT2D eigenvalue weighted by molar-refractivity contribution is 6.08. The zero-order chi connectivity index (χ0) is 17.4. The van der Waals surface area contributed by atoms with Gasteiger partial charge < -0.3 is 4.74 Å². The van der Waals surface area contributed by atoms with Crippen molar-refractivity contribution in [2.75, 3.05) is 13.2 Å². The van der Waals surface area contributed by atoms with E-state index in [1.165, 1.54) is 6.92 Å². The first-order chi connectivity index (χ1) is 11.6. The predicted octanol–water partition coefficient (Wildman–Crippen LogP) is 3.35. The molecule has 124 valence electrons. The number of ether oxygens (including phenoxy) is 1. The lowest BCUT2D eigenvalue weighted by Gasteiger charge is -2.07. The maximum Gasteiger partial charge on any atom is 0.368 e. The molecule has 0 aromatic heterocycles. The van der Waals surface area contributed by atoms with E-state index < -0.39 is 5.97 Å². The molecule has 5 heteroatoms. The highest BCUT2D eigenvalue weighted by Crippen LogP contribution is 2.15. The van der Waals surface area contributed by atoms with Crippen LogP contribution in [0.3, 0.4) is 0 Å². The second-order valence-electron chi connectivity index (χ2n) is 5.04. The molecule has 2 aromatic rings. The summed E-state index contributed by atoms with van der Waals surface area (Å²) in [7, 11) is 0. The highest BCUT2D eigenvalue weighted by atomic mass is 17.2. The molecule has 0 fully saturated rings. The van der Waals surface area contributed by atoms with E-state index in [4.69, 9.17) is 9.62 Å². The topological polar surface area (TPSA) is 61.8 Å². The summed E-state index contributed by atoms with van der Waals surface area (Å²) < 4.78 is 5.44. The molecule has 0 amide bonds. The maximum absolute atomic E-state index is 12.3. The summed E-state index contributed by atoms with van der Waals surface area (Å²) in [5.41, 5.74) is 1.48. The molecule has 0 saturated carbocycles. The first-order valence-corrected chi connectivity index (χ1v) is 7.40. The number of hydrogen-bond donors (Lipinski definition) is 0. The number of carbonyl (C=O) groups is 2. The fraction of sp³-hybridized carbons (Fsp3) is 0.158. The van der Waals surface area contributed by atoms with Crippen molar-refractivity contribution in [1.29, 1.82) is 0 Å². The average molecular weight is 326 g/mol. The minimum Gasteiger partial charge on any atom is -0.491 e. The van der Waals surface area contributed by atoms with E-state index in [1.54, 1.807) is 36.4 Å². The van der Waals surface area contributed by atoms with Crippen molar-refractivity contribution in [3.63, 3.8) is 0 Å². The quantitative estimate of drug-likeness (QED) is 0.245. The van der Waals surface area contributed by atoms with E-state index in [0.717, 1.165) is 0 Å². The first kappa shape index (κ1) is 17.4. The molecule has 0 spiro atoms. The standard InChI is InChI=1S/C19H18O5/c1-14(2)19(21)24-23-13-12-22-17-10-8-16(9-11-17)18(20)15-6-4-3-5-7-15/h3-11H,1,12-13H2,2H3. The van der Waals surface area contributed by atoms with Gasteiger partial charge in [0.1, 0.15) is 19.0 Å². The van der Waals surface area contributed by atoms with Crippen LogP contribution in [-0.4, -0.2) is 25.0 Å². The van der Waals surface area contributed by atoms with Crippen LogP contribution in [0.5, 0.6) is 5.75 Å². The van der Waals surface area contributed by atoms with Gasteiger partial charge in [0.25, 0.3) is 0 Å². The monoisotopic (exact) mass is 326 g/mol. The Hall–Kier alpha value is -2.92. The third kappa shape index (κ3) is 5.07. The predicted molar refractivity (Wildman–Crippen MR) is 88.7 cm³/mol. The van der Waals surface area contributed by atoms with Gasteiger partial charge in [-0.05, 0) is 31.2 Å². The van der Waals surface area contributed by atoms with Gasteiger partial charge in [0.2, 0.25) is 0 Å². The van der Waals surface area contributed by atoms with Crippen LogP contribution in [0, 0.1) is 0 Å². The molecule has 0 atom stereocenters. The van der Waals surface area contributed by atoms with Crippen molar-refractivity contribution < 1.29 is 24.1 Å². The van der Waals surface area contributed by atoms with Gasteiger partial charge in [-0.25, -0.2) is 4.79 Å². The van der Waals surface area contributed by atoms with Gasteiger partial charge >= 0.3 is 5.97 Å². The van der Waals surface area contributed by atoms with Crippen molar-refractivity contribution >= 4 is 11.8 Å². The molecule has 0 aliphatic carbocycles. The molecule has 2 aromatic carbocycles. The van der Waals surface area contributed by atoms with Gasteiger partial charge in [0.05, 0.1) is 0 Å². The van der Waals surface area contributed by atoms with Crippen LogP contribution in [0.2, 0.25) is 0 Å². The third-order valence-corrected chi connectivity index (χ3v) is 3.07. The molecule has 0 aliphatic rings. The minimum absolute atomic E-state index is 0.0443. The Morgan fingerprint density at radius 3 is 2.17 bits per heavy atom. The summed E-state index contributed by atoms with van der Waals surface area (Å²) in [4.78, 5) is 32.5. The van der Waals surface area contributed by atoms with Crippen molar-refractivity contribution in [2.45, 2.75) is 6.92 Å². The zero-order valence-electron chi connectivity index (χ0n) is 13.4. The minimum atomic E-state index is -0.612. The lowest BCUT2D eigenvalue weighted by Crippen LogP contribution is -2.11. The third-order valence-electron chi connectivity index (χ3n) is 3.07. The molecular formula is C19H18O5. The fourth-order valence-corrected chi connectivity index (χ4v) is 1.82. The molecule has 0 N–H and O–H groups in total. The molecule has 0 aliphatic heterocycles.